The molecule has 9 nitrogen and oxygen atoms in total. The summed E-state index contributed by atoms with van der Waals surface area (Å²) in [7, 11) is -3.80. The maximum absolute atomic E-state index is 14.2. The predicted octanol–water partition coefficient (Wildman–Crippen LogP) is 4.78. The first-order chi connectivity index (χ1) is 19.1. The number of amides is 1. The Morgan fingerprint density at radius 3 is 2.51 bits per heavy atom. The van der Waals surface area contributed by atoms with Crippen molar-refractivity contribution in [1.82, 2.24) is 14.5 Å². The number of fused-ring (bicyclic) bond motifs is 3. The van der Waals surface area contributed by atoms with E-state index in [1.54, 1.807) is 19.9 Å². The average molecular weight is 615 g/mol. The van der Waals surface area contributed by atoms with Crippen LogP contribution in [0.5, 0.6) is 5.75 Å². The second kappa shape index (κ2) is 10.4. The Hall–Kier alpha value is -2.87. The highest BCUT2D eigenvalue weighted by Gasteiger charge is 2.48. The molecule has 1 fully saturated rings. The summed E-state index contributed by atoms with van der Waals surface area (Å²) in [4.78, 5) is 19.1. The van der Waals surface area contributed by atoms with Gasteiger partial charge in [0.2, 0.25) is 5.91 Å². The minimum atomic E-state index is -4.72. The third-order valence-corrected chi connectivity index (χ3v) is 8.55. The molecule has 1 saturated heterocycles. The summed E-state index contributed by atoms with van der Waals surface area (Å²) in [5.74, 6) is -0.0170. The zero-order valence-corrected chi connectivity index (χ0v) is 24.3. The molecule has 1 spiro atoms. The standard InChI is InChI=1S/C27H30ClF3N4O5S/c1-25(2,15-40-41(3,37)38)35-16-32-22-14-18(13-20(23(22)35)27(29,30)31)39-11-10-34-8-6-26(7-9-34)19-12-17(28)4-5-21(19)33-24(26)36/h4-5,12-14,16H,6-11,15H2,1-3H3,(H,33,36). The topological polar surface area (TPSA) is 103 Å². The molecule has 0 bridgehead atoms. The summed E-state index contributed by atoms with van der Waals surface area (Å²) in [6.07, 6.45) is -1.42. The quantitative estimate of drug-likeness (QED) is 0.364. The number of rotatable bonds is 8. The molecule has 1 aromatic heterocycles. The van der Waals surface area contributed by atoms with Gasteiger partial charge in [0.1, 0.15) is 12.4 Å². The van der Waals surface area contributed by atoms with Crippen LogP contribution in [0.4, 0.5) is 18.9 Å². The molecule has 14 heteroatoms. The number of carbonyl (C=O) groups excluding carboxylic acids is 1. The first-order valence-corrected chi connectivity index (χ1v) is 15.2. The lowest BCUT2D eigenvalue weighted by Gasteiger charge is -2.38. The minimum absolute atomic E-state index is 0.0208. The number of nitrogens with zero attached hydrogens (tertiary/aromatic N) is 3. The van der Waals surface area contributed by atoms with Gasteiger partial charge in [-0.2, -0.15) is 21.6 Å². The lowest BCUT2D eigenvalue weighted by molar-refractivity contribution is -0.136. The van der Waals surface area contributed by atoms with Gasteiger partial charge in [-0.1, -0.05) is 11.6 Å². The smallest absolute Gasteiger partial charge is 0.418 e. The van der Waals surface area contributed by atoms with E-state index in [-0.39, 0.29) is 35.9 Å². The fraction of sp³-hybridized carbons (Fsp3) is 0.481. The van der Waals surface area contributed by atoms with Gasteiger partial charge in [0, 0.05) is 23.3 Å². The van der Waals surface area contributed by atoms with E-state index in [0.717, 1.165) is 23.6 Å². The van der Waals surface area contributed by atoms with E-state index in [1.165, 1.54) is 17.0 Å². The molecule has 41 heavy (non-hydrogen) atoms. The van der Waals surface area contributed by atoms with E-state index >= 15 is 0 Å². The predicted molar refractivity (Wildman–Crippen MR) is 148 cm³/mol. The van der Waals surface area contributed by atoms with Gasteiger partial charge in [0.05, 0.1) is 46.7 Å². The van der Waals surface area contributed by atoms with E-state index in [4.69, 9.17) is 20.5 Å². The molecule has 2 aliphatic heterocycles. The normalized spacial score (nSPS) is 17.7. The number of nitrogens with one attached hydrogen (secondary N) is 1. The van der Waals surface area contributed by atoms with Gasteiger partial charge in [-0.3, -0.25) is 13.9 Å². The van der Waals surface area contributed by atoms with Crippen molar-refractivity contribution in [2.24, 2.45) is 0 Å². The van der Waals surface area contributed by atoms with E-state index in [9.17, 15) is 26.4 Å². The summed E-state index contributed by atoms with van der Waals surface area (Å²) in [5, 5.41) is 3.52. The Balaban J connectivity index is 1.28. The van der Waals surface area contributed by atoms with Gasteiger partial charge < -0.3 is 14.6 Å². The van der Waals surface area contributed by atoms with Crippen LogP contribution in [0.2, 0.25) is 5.02 Å². The number of hydrogen-bond acceptors (Lipinski definition) is 7. The fourth-order valence-corrected chi connectivity index (χ4v) is 6.21. The fourth-order valence-electron chi connectivity index (χ4n) is 5.53. The molecule has 2 aromatic carbocycles. The maximum atomic E-state index is 14.2. The van der Waals surface area contributed by atoms with Crippen LogP contribution < -0.4 is 10.1 Å². The van der Waals surface area contributed by atoms with E-state index in [0.29, 0.717) is 37.5 Å². The van der Waals surface area contributed by atoms with Crippen LogP contribution in [-0.4, -0.2) is 67.9 Å². The average Bonchev–Trinajstić information content (AvgIpc) is 3.42. The van der Waals surface area contributed by atoms with Crippen molar-refractivity contribution in [2.45, 2.75) is 43.8 Å². The molecule has 0 unspecified atom stereocenters. The monoisotopic (exact) mass is 614 g/mol. The van der Waals surface area contributed by atoms with Crippen LogP contribution in [0.1, 0.15) is 37.8 Å². The van der Waals surface area contributed by atoms with Gasteiger partial charge in [0.25, 0.3) is 10.1 Å². The molecule has 0 atom stereocenters. The Kier molecular flexibility index (Phi) is 7.54. The molecule has 2 aliphatic rings. The SMILES string of the molecule is CC(C)(COS(C)(=O)=O)n1cnc2cc(OCCN3CCC4(CC3)C(=O)Nc3ccc(Cl)cc34)cc(C(F)(F)F)c21. The Morgan fingerprint density at radius 2 is 1.85 bits per heavy atom. The van der Waals surface area contributed by atoms with Crippen LogP contribution in [0.25, 0.3) is 11.0 Å². The molecule has 0 saturated carbocycles. The van der Waals surface area contributed by atoms with Crippen LogP contribution >= 0.6 is 11.6 Å². The number of piperidine rings is 1. The molecule has 222 valence electrons. The summed E-state index contributed by atoms with van der Waals surface area (Å²) < 4.78 is 77.3. The highest BCUT2D eigenvalue weighted by molar-refractivity contribution is 7.85. The van der Waals surface area contributed by atoms with Crippen molar-refractivity contribution >= 4 is 44.3 Å². The zero-order chi connectivity index (χ0) is 29.8. The maximum Gasteiger partial charge on any atom is 0.418 e. The lowest BCUT2D eigenvalue weighted by Crippen LogP contribution is -2.47. The molecule has 0 aliphatic carbocycles. The minimum Gasteiger partial charge on any atom is -0.492 e. The number of aromatic nitrogens is 2. The van der Waals surface area contributed by atoms with Crippen LogP contribution in [-0.2, 0) is 36.2 Å². The van der Waals surface area contributed by atoms with E-state index < -0.39 is 32.8 Å². The molecule has 3 aromatic rings. The van der Waals surface area contributed by atoms with Crippen molar-refractivity contribution < 1.29 is 35.3 Å². The number of halogens is 4. The van der Waals surface area contributed by atoms with Gasteiger partial charge in [0.15, 0.2) is 0 Å². The first-order valence-electron chi connectivity index (χ1n) is 13.0. The Labute approximate surface area is 240 Å². The lowest BCUT2D eigenvalue weighted by atomic mass is 9.73. The summed E-state index contributed by atoms with van der Waals surface area (Å²) in [5.41, 5.74) is -1.17. The molecular weight excluding hydrogens is 585 g/mol. The zero-order valence-electron chi connectivity index (χ0n) is 22.7. The Morgan fingerprint density at radius 1 is 1.15 bits per heavy atom. The number of carbonyl (C=O) groups is 1. The number of ether oxygens (including phenoxy) is 1. The number of alkyl halides is 3. The van der Waals surface area contributed by atoms with Gasteiger partial charge in [-0.15, -0.1) is 0 Å². The number of hydrogen-bond donors (Lipinski definition) is 1. The van der Waals surface area contributed by atoms with Crippen LogP contribution in [0.15, 0.2) is 36.7 Å². The number of anilines is 1. The second-order valence-corrected chi connectivity index (χ2v) is 13.2. The van der Waals surface area contributed by atoms with Crippen molar-refractivity contribution in [3.05, 3.63) is 52.8 Å². The summed E-state index contributed by atoms with van der Waals surface area (Å²) in [6.45, 7) is 4.59. The molecule has 3 heterocycles. The summed E-state index contributed by atoms with van der Waals surface area (Å²) in [6, 6.07) is 7.76. The Bertz CT molecular complexity index is 1600. The third-order valence-electron chi connectivity index (χ3n) is 7.77. The van der Waals surface area contributed by atoms with Gasteiger partial charge in [-0.05, 0) is 69.6 Å². The van der Waals surface area contributed by atoms with E-state index in [2.05, 4.69) is 15.2 Å². The highest BCUT2D eigenvalue weighted by atomic mass is 35.5. The molecule has 1 N–H and O–H groups in total. The number of benzene rings is 2. The second-order valence-electron chi connectivity index (χ2n) is 11.1. The number of imidazole rings is 1. The van der Waals surface area contributed by atoms with Gasteiger partial charge >= 0.3 is 6.18 Å². The number of likely N-dealkylation sites (tertiary alicyclic amines) is 1. The van der Waals surface area contributed by atoms with Crippen LogP contribution in [0.3, 0.4) is 0 Å². The molecule has 0 radical (unpaired) electrons. The molecular formula is C27H30ClF3N4O5S. The van der Waals surface area contributed by atoms with Crippen molar-refractivity contribution in [3.63, 3.8) is 0 Å². The molecule has 1 amide bonds. The first kappa shape index (κ1) is 29.6. The summed E-state index contributed by atoms with van der Waals surface area (Å²) >= 11 is 6.19. The van der Waals surface area contributed by atoms with Crippen molar-refractivity contribution in [1.29, 1.82) is 0 Å². The van der Waals surface area contributed by atoms with Crippen LogP contribution in [0, 0.1) is 0 Å². The van der Waals surface area contributed by atoms with Crippen molar-refractivity contribution in [3.8, 4) is 5.75 Å². The highest BCUT2D eigenvalue weighted by Crippen LogP contribution is 2.46. The van der Waals surface area contributed by atoms with Crippen molar-refractivity contribution in [2.75, 3.05) is 44.4 Å². The molecule has 5 rings (SSSR count). The van der Waals surface area contributed by atoms with Gasteiger partial charge in [-0.25, -0.2) is 4.98 Å². The third kappa shape index (κ3) is 5.90. The largest absolute Gasteiger partial charge is 0.492 e. The van der Waals surface area contributed by atoms with E-state index in [1.807, 2.05) is 12.1 Å².